The molecule has 0 amide bonds. The van der Waals surface area contributed by atoms with Gasteiger partial charge in [-0.15, -0.1) is 12.4 Å². The quantitative estimate of drug-likeness (QED) is 0.576. The van der Waals surface area contributed by atoms with Crippen LogP contribution in [0.1, 0.15) is 13.3 Å². The van der Waals surface area contributed by atoms with Gasteiger partial charge in [0.2, 0.25) is 0 Å². The van der Waals surface area contributed by atoms with Gasteiger partial charge in [-0.3, -0.25) is 4.79 Å². The summed E-state index contributed by atoms with van der Waals surface area (Å²) in [5.41, 5.74) is 5.11. The Morgan fingerprint density at radius 1 is 1.88 bits per heavy atom. The number of rotatable bonds is 2. The lowest BCUT2D eigenvalue weighted by atomic mass is 10.3. The van der Waals surface area contributed by atoms with Crippen LogP contribution in [0.15, 0.2) is 0 Å². The number of carboxylic acid groups (broad SMARTS) is 1. The summed E-state index contributed by atoms with van der Waals surface area (Å²) >= 11 is 0. The monoisotopic (exact) mass is 139 g/mol. The molecule has 0 aromatic carbocycles. The smallest absolute Gasteiger partial charge is 0.304 e. The van der Waals surface area contributed by atoms with Crippen molar-refractivity contribution < 1.29 is 9.90 Å². The fourth-order valence-corrected chi connectivity index (χ4v) is 0.275. The van der Waals surface area contributed by atoms with Crippen LogP contribution in [-0.4, -0.2) is 17.1 Å². The number of hydrogen-bond acceptors (Lipinski definition) is 2. The fourth-order valence-electron chi connectivity index (χ4n) is 0.275. The molecule has 0 radical (unpaired) electrons. The molecule has 0 saturated carbocycles. The first-order valence-corrected chi connectivity index (χ1v) is 2.10. The predicted octanol–water partition coefficient (Wildman–Crippen LogP) is 0.230. The van der Waals surface area contributed by atoms with Gasteiger partial charge in [-0.2, -0.15) is 0 Å². The van der Waals surface area contributed by atoms with E-state index in [-0.39, 0.29) is 24.9 Å². The zero-order valence-corrected chi connectivity index (χ0v) is 5.44. The van der Waals surface area contributed by atoms with Gasteiger partial charge in [0.05, 0.1) is 6.42 Å². The minimum atomic E-state index is -0.838. The number of hydrogen-bond donors (Lipinski definition) is 2. The van der Waals surface area contributed by atoms with E-state index < -0.39 is 5.97 Å². The van der Waals surface area contributed by atoms with Crippen molar-refractivity contribution >= 4 is 18.4 Å². The van der Waals surface area contributed by atoms with Gasteiger partial charge in [0.15, 0.2) is 0 Å². The van der Waals surface area contributed by atoms with Gasteiger partial charge in [0.1, 0.15) is 0 Å². The predicted molar refractivity (Wildman–Crippen MR) is 33.2 cm³/mol. The molecule has 0 aliphatic carbocycles. The highest BCUT2D eigenvalue weighted by atomic mass is 35.5. The van der Waals surface area contributed by atoms with Crippen molar-refractivity contribution in [2.75, 3.05) is 0 Å². The Morgan fingerprint density at radius 3 is 2.25 bits per heavy atom. The Morgan fingerprint density at radius 2 is 2.25 bits per heavy atom. The van der Waals surface area contributed by atoms with E-state index in [0.29, 0.717) is 0 Å². The molecule has 0 aromatic heterocycles. The summed E-state index contributed by atoms with van der Waals surface area (Å²) in [5, 5.41) is 8.00. The van der Waals surface area contributed by atoms with Crippen LogP contribution < -0.4 is 5.73 Å². The maximum absolute atomic E-state index is 9.73. The third-order valence-electron chi connectivity index (χ3n) is 0.497. The molecule has 0 aliphatic heterocycles. The van der Waals surface area contributed by atoms with Crippen molar-refractivity contribution in [1.82, 2.24) is 0 Å². The minimum absolute atomic E-state index is 0. The highest BCUT2D eigenvalue weighted by molar-refractivity contribution is 5.85. The summed E-state index contributed by atoms with van der Waals surface area (Å²) in [4.78, 5) is 9.73. The molecule has 8 heavy (non-hydrogen) atoms. The van der Waals surface area contributed by atoms with E-state index in [1.165, 1.54) is 0 Å². The topological polar surface area (TPSA) is 63.3 Å². The average Bonchev–Trinajstić information content (AvgIpc) is 1.27. The summed E-state index contributed by atoms with van der Waals surface area (Å²) in [6.07, 6.45) is 0.0556. The molecule has 1 unspecified atom stereocenters. The summed E-state index contributed by atoms with van der Waals surface area (Å²) in [6.45, 7) is 1.66. The molecule has 0 heterocycles. The Hall–Kier alpha value is -0.280. The van der Waals surface area contributed by atoms with Gasteiger partial charge in [0.25, 0.3) is 0 Å². The van der Waals surface area contributed by atoms with Crippen molar-refractivity contribution in [2.24, 2.45) is 5.73 Å². The number of halogens is 1. The maximum Gasteiger partial charge on any atom is 0.304 e. The molecule has 0 spiro atoms. The maximum atomic E-state index is 9.73. The molecule has 0 aromatic rings. The van der Waals surface area contributed by atoms with Crippen LogP contribution in [0, 0.1) is 0 Å². The fraction of sp³-hybridized carbons (Fsp3) is 0.750. The van der Waals surface area contributed by atoms with Crippen molar-refractivity contribution in [3.63, 3.8) is 0 Å². The largest absolute Gasteiger partial charge is 0.481 e. The third-order valence-corrected chi connectivity index (χ3v) is 0.497. The highest BCUT2D eigenvalue weighted by Crippen LogP contribution is 1.82. The molecule has 4 heteroatoms. The molecule has 0 saturated heterocycles. The molecular weight excluding hydrogens is 130 g/mol. The average molecular weight is 140 g/mol. The lowest BCUT2D eigenvalue weighted by molar-refractivity contribution is -0.137. The molecule has 0 fully saturated rings. The number of aliphatic carboxylic acids is 1. The van der Waals surface area contributed by atoms with E-state index in [4.69, 9.17) is 10.8 Å². The van der Waals surface area contributed by atoms with Crippen molar-refractivity contribution in [3.05, 3.63) is 0 Å². The molecule has 3 nitrogen and oxygen atoms in total. The lowest BCUT2D eigenvalue weighted by Gasteiger charge is -1.95. The van der Waals surface area contributed by atoms with E-state index >= 15 is 0 Å². The molecule has 50 valence electrons. The molecule has 1 atom stereocenters. The summed E-state index contributed by atoms with van der Waals surface area (Å²) in [7, 11) is 0. The summed E-state index contributed by atoms with van der Waals surface area (Å²) < 4.78 is 0. The van der Waals surface area contributed by atoms with Crippen LogP contribution in [0.5, 0.6) is 0 Å². The van der Waals surface area contributed by atoms with Gasteiger partial charge in [-0.1, -0.05) is 0 Å². The second kappa shape index (κ2) is 4.87. The molecule has 3 N–H and O–H groups in total. The van der Waals surface area contributed by atoms with Crippen LogP contribution in [0.2, 0.25) is 0 Å². The first-order chi connectivity index (χ1) is 3.13. The summed E-state index contributed by atoms with van der Waals surface area (Å²) in [6, 6.07) is -0.225. The van der Waals surface area contributed by atoms with E-state index in [0.717, 1.165) is 0 Å². The van der Waals surface area contributed by atoms with Crippen LogP contribution in [0.25, 0.3) is 0 Å². The van der Waals surface area contributed by atoms with Crippen molar-refractivity contribution in [2.45, 2.75) is 19.4 Å². The third kappa shape index (κ3) is 9.21. The molecule has 0 bridgehead atoms. The summed E-state index contributed by atoms with van der Waals surface area (Å²) in [5.74, 6) is -0.838. The first kappa shape index (κ1) is 10.7. The van der Waals surface area contributed by atoms with Crippen LogP contribution >= 0.6 is 12.4 Å². The van der Waals surface area contributed by atoms with Crippen molar-refractivity contribution in [3.8, 4) is 0 Å². The second-order valence-corrected chi connectivity index (χ2v) is 1.58. The highest BCUT2D eigenvalue weighted by Gasteiger charge is 1.98. The zero-order valence-electron chi connectivity index (χ0n) is 4.63. The van der Waals surface area contributed by atoms with E-state index in [9.17, 15) is 4.79 Å². The van der Waals surface area contributed by atoms with Gasteiger partial charge in [-0.25, -0.2) is 0 Å². The Kier molecular flexibility index (Phi) is 6.48. The van der Waals surface area contributed by atoms with Crippen LogP contribution in [0.4, 0.5) is 0 Å². The standard InChI is InChI=1S/C4H9NO2.ClH/c1-3(5)2-4(6)7;/h3H,2,5H2,1H3,(H,6,7);1H. The minimum Gasteiger partial charge on any atom is -0.481 e. The zero-order chi connectivity index (χ0) is 5.86. The normalized spacial score (nSPS) is 11.8. The Bertz CT molecular complexity index is 74.4. The first-order valence-electron chi connectivity index (χ1n) is 2.10. The number of carboxylic acids is 1. The van der Waals surface area contributed by atoms with E-state index in [1.54, 1.807) is 6.92 Å². The number of carbonyl (C=O) groups is 1. The van der Waals surface area contributed by atoms with Gasteiger partial charge in [-0.05, 0) is 6.92 Å². The van der Waals surface area contributed by atoms with E-state index in [1.807, 2.05) is 0 Å². The lowest BCUT2D eigenvalue weighted by Crippen LogP contribution is -2.18. The van der Waals surface area contributed by atoms with Gasteiger partial charge >= 0.3 is 5.97 Å². The van der Waals surface area contributed by atoms with Crippen molar-refractivity contribution in [1.29, 1.82) is 0 Å². The van der Waals surface area contributed by atoms with E-state index in [2.05, 4.69) is 0 Å². The van der Waals surface area contributed by atoms with Crippen LogP contribution in [0.3, 0.4) is 0 Å². The molecule has 0 aliphatic rings. The van der Waals surface area contributed by atoms with Gasteiger partial charge < -0.3 is 10.8 Å². The SMILES string of the molecule is CC(N)CC(=O)O.Cl. The molecule has 0 rings (SSSR count). The van der Waals surface area contributed by atoms with Crippen LogP contribution in [-0.2, 0) is 4.79 Å². The Balaban J connectivity index is 0. The molecular formula is C4H10ClNO2. The Labute approximate surface area is 54.3 Å². The number of nitrogens with two attached hydrogens (primary N) is 1. The second-order valence-electron chi connectivity index (χ2n) is 1.58. The van der Waals surface area contributed by atoms with Gasteiger partial charge in [0, 0.05) is 6.04 Å².